The molecule has 6 heteroatoms. The van der Waals surface area contributed by atoms with Gasteiger partial charge in [0.2, 0.25) is 5.91 Å². The van der Waals surface area contributed by atoms with Gasteiger partial charge in [-0.15, -0.1) is 11.3 Å². The molecule has 0 aliphatic carbocycles. The molecule has 0 saturated carbocycles. The Labute approximate surface area is 150 Å². The van der Waals surface area contributed by atoms with Gasteiger partial charge in [-0.1, -0.05) is 29.3 Å². The predicted octanol–water partition coefficient (Wildman–Crippen LogP) is 4.92. The molecule has 23 heavy (non-hydrogen) atoms. The third-order valence-corrected chi connectivity index (χ3v) is 6.10. The number of amides is 1. The molecule has 122 valence electrons. The van der Waals surface area contributed by atoms with Gasteiger partial charge in [0.25, 0.3) is 0 Å². The van der Waals surface area contributed by atoms with Gasteiger partial charge in [-0.3, -0.25) is 9.69 Å². The van der Waals surface area contributed by atoms with Crippen LogP contribution in [0.25, 0.3) is 0 Å². The summed E-state index contributed by atoms with van der Waals surface area (Å²) in [6.45, 7) is 5.25. The first-order valence-corrected chi connectivity index (χ1v) is 9.15. The van der Waals surface area contributed by atoms with Crippen molar-refractivity contribution in [3.63, 3.8) is 0 Å². The fourth-order valence-electron chi connectivity index (χ4n) is 2.91. The molecule has 1 N–H and O–H groups in total. The summed E-state index contributed by atoms with van der Waals surface area (Å²) in [5.74, 6) is -0.0927. The molecule has 3 rings (SSSR count). The van der Waals surface area contributed by atoms with Crippen LogP contribution in [0.3, 0.4) is 0 Å². The Balaban J connectivity index is 1.70. The van der Waals surface area contributed by atoms with E-state index in [-0.39, 0.29) is 11.9 Å². The third kappa shape index (κ3) is 3.41. The molecule has 0 spiro atoms. The Morgan fingerprint density at radius 3 is 2.96 bits per heavy atom. The van der Waals surface area contributed by atoms with Crippen LogP contribution in [0.4, 0.5) is 5.69 Å². The van der Waals surface area contributed by atoms with Crippen LogP contribution < -0.4 is 5.32 Å². The molecule has 1 aromatic carbocycles. The first-order valence-electron chi connectivity index (χ1n) is 7.52. The second kappa shape index (κ2) is 6.81. The molecule has 1 aliphatic rings. The Hall–Kier alpha value is -1.07. The van der Waals surface area contributed by atoms with Crippen molar-refractivity contribution in [3.05, 3.63) is 49.6 Å². The maximum atomic E-state index is 12.4. The largest absolute Gasteiger partial charge is 0.322 e. The smallest absolute Gasteiger partial charge is 0.238 e. The molecule has 1 aromatic heterocycles. The summed E-state index contributed by atoms with van der Waals surface area (Å²) in [5, 5.41) is 5.94. The molecule has 0 saturated heterocycles. The monoisotopic (exact) mass is 368 g/mol. The highest BCUT2D eigenvalue weighted by atomic mass is 35.5. The van der Waals surface area contributed by atoms with Gasteiger partial charge in [0, 0.05) is 17.5 Å². The van der Waals surface area contributed by atoms with E-state index < -0.39 is 0 Å². The molecule has 2 aromatic rings. The Morgan fingerprint density at radius 1 is 1.39 bits per heavy atom. The van der Waals surface area contributed by atoms with Crippen LogP contribution in [-0.4, -0.2) is 23.9 Å². The summed E-state index contributed by atoms with van der Waals surface area (Å²) in [6.07, 6.45) is 0.997. The maximum absolute atomic E-state index is 12.4. The van der Waals surface area contributed by atoms with Crippen molar-refractivity contribution in [2.75, 3.05) is 18.4 Å². The lowest BCUT2D eigenvalue weighted by Crippen LogP contribution is -2.39. The number of benzene rings is 1. The molecule has 1 unspecified atom stereocenters. The number of nitrogens with one attached hydrogen (secondary N) is 1. The van der Waals surface area contributed by atoms with Crippen LogP contribution in [0.1, 0.15) is 29.0 Å². The van der Waals surface area contributed by atoms with Crippen LogP contribution in [0.2, 0.25) is 10.0 Å². The summed E-state index contributed by atoms with van der Waals surface area (Å²) >= 11 is 14.2. The first-order chi connectivity index (χ1) is 11.0. The van der Waals surface area contributed by atoms with Crippen molar-refractivity contribution in [2.45, 2.75) is 26.3 Å². The summed E-state index contributed by atoms with van der Waals surface area (Å²) in [7, 11) is 0. The lowest BCUT2D eigenvalue weighted by Gasteiger charge is -2.33. The van der Waals surface area contributed by atoms with E-state index in [1.807, 2.05) is 13.0 Å². The quantitative estimate of drug-likeness (QED) is 0.833. The van der Waals surface area contributed by atoms with Crippen LogP contribution >= 0.6 is 34.5 Å². The number of thiophene rings is 1. The van der Waals surface area contributed by atoms with Gasteiger partial charge in [0.1, 0.15) is 0 Å². The van der Waals surface area contributed by atoms with Gasteiger partial charge in [-0.25, -0.2) is 0 Å². The number of hydrogen-bond acceptors (Lipinski definition) is 3. The molecule has 2 heterocycles. The Bertz CT molecular complexity index is 744. The molecule has 1 aliphatic heterocycles. The average molecular weight is 369 g/mol. The zero-order valence-electron chi connectivity index (χ0n) is 13.0. The van der Waals surface area contributed by atoms with Crippen molar-refractivity contribution < 1.29 is 4.79 Å². The number of carbonyl (C=O) groups excluding carboxylic acids is 1. The minimum absolute atomic E-state index is 0.0927. The fraction of sp³-hybridized carbons (Fsp3) is 0.353. The zero-order chi connectivity index (χ0) is 16.6. The minimum atomic E-state index is -0.0927. The predicted molar refractivity (Wildman–Crippen MR) is 97.8 cm³/mol. The number of nitrogens with zero attached hydrogens (tertiary/aromatic N) is 1. The number of halogens is 2. The van der Waals surface area contributed by atoms with E-state index in [4.69, 9.17) is 23.2 Å². The van der Waals surface area contributed by atoms with Crippen molar-refractivity contribution in [1.29, 1.82) is 0 Å². The van der Waals surface area contributed by atoms with Gasteiger partial charge in [-0.05, 0) is 48.9 Å². The van der Waals surface area contributed by atoms with E-state index in [1.54, 1.807) is 17.4 Å². The SMILES string of the molecule is Cc1ccc(Cl)c(NC(=O)CN2CCc3sccc3C2C)c1Cl. The highest BCUT2D eigenvalue weighted by molar-refractivity contribution is 7.10. The van der Waals surface area contributed by atoms with Crippen LogP contribution in [0.5, 0.6) is 0 Å². The molecule has 3 nitrogen and oxygen atoms in total. The summed E-state index contributed by atoms with van der Waals surface area (Å²) in [4.78, 5) is 16.0. The average Bonchev–Trinajstić information content (AvgIpc) is 3.00. The van der Waals surface area contributed by atoms with E-state index in [0.717, 1.165) is 18.5 Å². The Morgan fingerprint density at radius 2 is 2.17 bits per heavy atom. The third-order valence-electron chi connectivity index (χ3n) is 4.30. The van der Waals surface area contributed by atoms with Crippen molar-refractivity contribution in [1.82, 2.24) is 4.90 Å². The van der Waals surface area contributed by atoms with Gasteiger partial charge >= 0.3 is 0 Å². The molecule has 1 atom stereocenters. The first kappa shape index (κ1) is 16.8. The van der Waals surface area contributed by atoms with Crippen molar-refractivity contribution in [2.24, 2.45) is 0 Å². The lowest BCUT2D eigenvalue weighted by atomic mass is 10.0. The molecule has 0 fully saturated rings. The second-order valence-electron chi connectivity index (χ2n) is 5.80. The standard InChI is InChI=1S/C17H18Cl2N2OS/c1-10-3-4-13(18)17(16(10)19)20-15(22)9-21-7-5-14-12(11(21)2)6-8-23-14/h3-4,6,8,11H,5,7,9H2,1-2H3,(H,20,22). The van der Waals surface area contributed by atoms with Crippen LogP contribution in [-0.2, 0) is 11.2 Å². The summed E-state index contributed by atoms with van der Waals surface area (Å²) in [6, 6.07) is 5.99. The number of aryl methyl sites for hydroxylation is 1. The van der Waals surface area contributed by atoms with E-state index in [9.17, 15) is 4.79 Å². The summed E-state index contributed by atoms with van der Waals surface area (Å²) in [5.41, 5.74) is 2.72. The highest BCUT2D eigenvalue weighted by Gasteiger charge is 2.26. The lowest BCUT2D eigenvalue weighted by molar-refractivity contribution is -0.117. The van der Waals surface area contributed by atoms with Crippen LogP contribution in [0.15, 0.2) is 23.6 Å². The zero-order valence-corrected chi connectivity index (χ0v) is 15.4. The summed E-state index contributed by atoms with van der Waals surface area (Å²) < 4.78 is 0. The van der Waals surface area contributed by atoms with E-state index in [2.05, 4.69) is 28.6 Å². The minimum Gasteiger partial charge on any atom is -0.322 e. The number of fused-ring (bicyclic) bond motifs is 1. The van der Waals surface area contributed by atoms with E-state index in [1.165, 1.54) is 10.4 Å². The van der Waals surface area contributed by atoms with Crippen molar-refractivity contribution >= 4 is 46.1 Å². The van der Waals surface area contributed by atoms with Gasteiger partial charge in [0.05, 0.1) is 22.3 Å². The Kier molecular flexibility index (Phi) is 4.97. The number of anilines is 1. The topological polar surface area (TPSA) is 32.3 Å². The molecular weight excluding hydrogens is 351 g/mol. The highest BCUT2D eigenvalue weighted by Crippen LogP contribution is 2.34. The maximum Gasteiger partial charge on any atom is 0.238 e. The van der Waals surface area contributed by atoms with Gasteiger partial charge in [0.15, 0.2) is 0 Å². The molecule has 1 amide bonds. The van der Waals surface area contributed by atoms with Crippen molar-refractivity contribution in [3.8, 4) is 0 Å². The van der Waals surface area contributed by atoms with Gasteiger partial charge < -0.3 is 5.32 Å². The molecule has 0 radical (unpaired) electrons. The number of carbonyl (C=O) groups is 1. The van der Waals surface area contributed by atoms with Crippen LogP contribution in [0, 0.1) is 6.92 Å². The number of hydrogen-bond donors (Lipinski definition) is 1. The van der Waals surface area contributed by atoms with E-state index >= 15 is 0 Å². The normalized spacial score (nSPS) is 17.8. The van der Waals surface area contributed by atoms with Gasteiger partial charge in [-0.2, -0.15) is 0 Å². The fourth-order valence-corrected chi connectivity index (χ4v) is 4.34. The van der Waals surface area contributed by atoms with E-state index in [0.29, 0.717) is 22.3 Å². The number of rotatable bonds is 3. The molecular formula is C17H18Cl2N2OS. The second-order valence-corrected chi connectivity index (χ2v) is 7.58. The molecule has 0 bridgehead atoms.